The number of phenols is 1. The fraction of sp³-hybridized carbons (Fsp3) is 0.300. The van der Waals surface area contributed by atoms with Gasteiger partial charge in [0.25, 0.3) is 0 Å². The van der Waals surface area contributed by atoms with Gasteiger partial charge < -0.3 is 21.1 Å². The zero-order valence-corrected chi connectivity index (χ0v) is 22.9. The average molecular weight is 552 g/mol. The lowest BCUT2D eigenvalue weighted by Crippen LogP contribution is -2.60. The van der Waals surface area contributed by atoms with Gasteiger partial charge in [0.1, 0.15) is 17.7 Å². The molecule has 0 radical (unpaired) electrons. The number of hydrogen-bond acceptors (Lipinski definition) is 6. The Morgan fingerprint density at radius 3 is 2.15 bits per heavy atom. The Hall–Kier alpha value is -4.28. The first-order valence-electron chi connectivity index (χ1n) is 12.9. The van der Waals surface area contributed by atoms with Crippen LogP contribution in [0.15, 0.2) is 78.9 Å². The molecule has 1 aliphatic rings. The number of phenolic OH excluding ortho intramolecular Hbond substituents is 1. The van der Waals surface area contributed by atoms with Crippen molar-refractivity contribution in [2.24, 2.45) is 5.73 Å². The van der Waals surface area contributed by atoms with Crippen molar-refractivity contribution in [3.63, 3.8) is 0 Å². The number of benzene rings is 3. The molecule has 3 amide bonds. The third kappa shape index (κ3) is 11.2. The smallest absolute Gasteiger partial charge is 0.224 e. The standard InChI is InChI=1S/C22H27FN4O3.C7H8.CH3NO/c1-25-12-11-22(30)26(13-10-17-2-6-19(23)7-3-17)15-21(24-16-28)27(25)14-18-4-8-20(29)9-5-18;1-7-5-3-2-4-6-7;2-1-3/h2-9,16,21,29H,10-15H2,1H3,(H,24,28);2-6H,1H3;1H,(H2,2,3). The summed E-state index contributed by atoms with van der Waals surface area (Å²) in [6.45, 7) is 3.93. The van der Waals surface area contributed by atoms with E-state index in [9.17, 15) is 19.1 Å². The Kier molecular flexibility index (Phi) is 13.8. The van der Waals surface area contributed by atoms with Gasteiger partial charge in [-0.3, -0.25) is 14.4 Å². The van der Waals surface area contributed by atoms with Crippen LogP contribution in [-0.4, -0.2) is 71.6 Å². The van der Waals surface area contributed by atoms with E-state index in [2.05, 4.69) is 30.1 Å². The summed E-state index contributed by atoms with van der Waals surface area (Å²) < 4.78 is 13.1. The van der Waals surface area contributed by atoms with Crippen molar-refractivity contribution in [2.45, 2.75) is 32.5 Å². The number of halogens is 1. The number of nitrogens with one attached hydrogen (secondary N) is 1. The Bertz CT molecular complexity index is 1160. The first-order chi connectivity index (χ1) is 19.3. The Morgan fingerprint density at radius 2 is 1.60 bits per heavy atom. The highest BCUT2D eigenvalue weighted by Gasteiger charge is 2.29. The minimum atomic E-state index is -0.404. The van der Waals surface area contributed by atoms with Gasteiger partial charge in [-0.25, -0.2) is 14.4 Å². The molecule has 214 valence electrons. The maximum absolute atomic E-state index is 13.1. The van der Waals surface area contributed by atoms with E-state index in [0.717, 1.165) is 11.1 Å². The molecule has 0 aromatic heterocycles. The number of nitrogens with two attached hydrogens (primary N) is 1. The molecule has 40 heavy (non-hydrogen) atoms. The van der Waals surface area contributed by atoms with Crippen molar-refractivity contribution in [3.05, 3.63) is 101 Å². The summed E-state index contributed by atoms with van der Waals surface area (Å²) in [6, 6.07) is 23.4. The molecule has 1 unspecified atom stereocenters. The van der Waals surface area contributed by atoms with Gasteiger partial charge in [0.15, 0.2) is 0 Å². The normalized spacial score (nSPS) is 15.8. The van der Waals surface area contributed by atoms with Gasteiger partial charge in [-0.1, -0.05) is 60.2 Å². The summed E-state index contributed by atoms with van der Waals surface area (Å²) in [5.41, 5.74) is 7.41. The third-order valence-corrected chi connectivity index (χ3v) is 6.26. The quantitative estimate of drug-likeness (QED) is 0.389. The fourth-order valence-electron chi connectivity index (χ4n) is 4.09. The highest BCUT2D eigenvalue weighted by atomic mass is 19.1. The second-order valence-corrected chi connectivity index (χ2v) is 9.20. The number of hydrazine groups is 1. The zero-order valence-electron chi connectivity index (χ0n) is 22.9. The van der Waals surface area contributed by atoms with Gasteiger partial charge in [0, 0.05) is 33.1 Å². The van der Waals surface area contributed by atoms with Gasteiger partial charge in [-0.15, -0.1) is 0 Å². The lowest BCUT2D eigenvalue weighted by atomic mass is 10.1. The van der Waals surface area contributed by atoms with E-state index in [0.29, 0.717) is 45.4 Å². The van der Waals surface area contributed by atoms with Crippen LogP contribution in [0, 0.1) is 12.7 Å². The molecule has 0 spiro atoms. The summed E-state index contributed by atoms with van der Waals surface area (Å²) in [5.74, 6) is -0.0740. The summed E-state index contributed by atoms with van der Waals surface area (Å²) >= 11 is 0. The highest BCUT2D eigenvalue weighted by molar-refractivity contribution is 5.76. The summed E-state index contributed by atoms with van der Waals surface area (Å²) in [7, 11) is 1.89. The van der Waals surface area contributed by atoms with Gasteiger partial charge in [-0.2, -0.15) is 0 Å². The molecule has 9 nitrogen and oxygen atoms in total. The average Bonchev–Trinajstić information content (AvgIpc) is 2.94. The minimum absolute atomic E-state index is 0.0194. The van der Waals surface area contributed by atoms with Crippen molar-refractivity contribution in [2.75, 3.05) is 26.7 Å². The topological polar surface area (TPSA) is 119 Å². The molecule has 3 aromatic carbocycles. The monoisotopic (exact) mass is 551 g/mol. The Morgan fingerprint density at radius 1 is 1.00 bits per heavy atom. The van der Waals surface area contributed by atoms with Crippen LogP contribution in [0.25, 0.3) is 0 Å². The van der Waals surface area contributed by atoms with Gasteiger partial charge in [0.2, 0.25) is 18.7 Å². The van der Waals surface area contributed by atoms with Crippen LogP contribution in [0.4, 0.5) is 4.39 Å². The lowest BCUT2D eigenvalue weighted by Gasteiger charge is -2.42. The minimum Gasteiger partial charge on any atom is -0.508 e. The number of hydrogen-bond donors (Lipinski definition) is 3. The van der Waals surface area contributed by atoms with Crippen molar-refractivity contribution < 1.29 is 23.9 Å². The first kappa shape index (κ1) is 31.9. The second kappa shape index (κ2) is 17.3. The van der Waals surface area contributed by atoms with Crippen LogP contribution >= 0.6 is 0 Å². The molecular formula is C30H38FN5O4. The number of nitrogens with zero attached hydrogens (tertiary/aromatic N) is 3. The molecule has 0 bridgehead atoms. The zero-order chi connectivity index (χ0) is 29.3. The number of aryl methyl sites for hydroxylation is 1. The van der Waals surface area contributed by atoms with Crippen LogP contribution < -0.4 is 11.1 Å². The largest absolute Gasteiger partial charge is 0.508 e. The summed E-state index contributed by atoms with van der Waals surface area (Å²) in [6.07, 6.45) is 1.46. The molecule has 1 saturated heterocycles. The number of rotatable bonds is 7. The van der Waals surface area contributed by atoms with Gasteiger partial charge in [0.05, 0.1) is 6.54 Å². The van der Waals surface area contributed by atoms with Crippen molar-refractivity contribution in [1.29, 1.82) is 0 Å². The van der Waals surface area contributed by atoms with E-state index in [-0.39, 0.29) is 23.9 Å². The van der Waals surface area contributed by atoms with Gasteiger partial charge >= 0.3 is 0 Å². The molecule has 1 aliphatic heterocycles. The van der Waals surface area contributed by atoms with Crippen molar-refractivity contribution in [1.82, 2.24) is 20.2 Å². The highest BCUT2D eigenvalue weighted by Crippen LogP contribution is 2.17. The SMILES string of the molecule is CN1CCC(=O)N(CCc2ccc(F)cc2)CC(NC=O)N1Cc1ccc(O)cc1.Cc1ccccc1.NC=O. The number of aromatic hydroxyl groups is 1. The van der Waals surface area contributed by atoms with Gasteiger partial charge in [-0.05, 0) is 48.7 Å². The molecular weight excluding hydrogens is 513 g/mol. The van der Waals surface area contributed by atoms with E-state index < -0.39 is 6.17 Å². The number of carbonyl (C=O) groups excluding carboxylic acids is 3. The lowest BCUT2D eigenvalue weighted by molar-refractivity contribution is -0.143. The number of carbonyl (C=O) groups is 3. The molecule has 1 heterocycles. The number of primary amides is 1. The number of amides is 3. The Balaban J connectivity index is 0.000000474. The van der Waals surface area contributed by atoms with E-state index in [1.54, 1.807) is 29.2 Å². The van der Waals surface area contributed by atoms with E-state index in [4.69, 9.17) is 4.79 Å². The van der Waals surface area contributed by atoms with Crippen molar-refractivity contribution in [3.8, 4) is 5.75 Å². The molecule has 0 saturated carbocycles. The van der Waals surface area contributed by atoms with E-state index in [1.807, 2.05) is 47.4 Å². The van der Waals surface area contributed by atoms with Crippen LogP contribution in [0.2, 0.25) is 0 Å². The van der Waals surface area contributed by atoms with Crippen molar-refractivity contribution >= 4 is 18.7 Å². The summed E-state index contributed by atoms with van der Waals surface area (Å²) in [5, 5.41) is 16.3. The second-order valence-electron chi connectivity index (χ2n) is 9.20. The van der Waals surface area contributed by atoms with E-state index in [1.165, 1.54) is 17.7 Å². The third-order valence-electron chi connectivity index (χ3n) is 6.26. The maximum Gasteiger partial charge on any atom is 0.224 e. The molecule has 4 N–H and O–H groups in total. The molecule has 1 fully saturated rings. The first-order valence-corrected chi connectivity index (χ1v) is 12.9. The van der Waals surface area contributed by atoms with Crippen LogP contribution in [0.5, 0.6) is 5.75 Å². The van der Waals surface area contributed by atoms with Crippen LogP contribution in [-0.2, 0) is 27.3 Å². The van der Waals surface area contributed by atoms with E-state index >= 15 is 0 Å². The maximum atomic E-state index is 13.1. The molecule has 1 atom stereocenters. The summed E-state index contributed by atoms with van der Waals surface area (Å²) in [4.78, 5) is 34.3. The fourth-order valence-corrected chi connectivity index (χ4v) is 4.09. The van der Waals surface area contributed by atoms with Crippen LogP contribution in [0.1, 0.15) is 23.1 Å². The predicted octanol–water partition coefficient (Wildman–Crippen LogP) is 2.82. The molecule has 10 heteroatoms. The van der Waals surface area contributed by atoms with Crippen LogP contribution in [0.3, 0.4) is 0 Å². The predicted molar refractivity (Wildman–Crippen MR) is 152 cm³/mol. The molecule has 4 rings (SSSR count). The molecule has 0 aliphatic carbocycles. The Labute approximate surface area is 235 Å². The molecule has 3 aromatic rings.